The third kappa shape index (κ3) is 1.64. The van der Waals surface area contributed by atoms with Crippen LogP contribution in [-0.4, -0.2) is 39.5 Å². The third-order valence-corrected chi connectivity index (χ3v) is 3.97. The summed E-state index contributed by atoms with van der Waals surface area (Å²) in [4.78, 5) is 11.9. The van der Waals surface area contributed by atoms with Gasteiger partial charge in [-0.05, 0) is 6.92 Å². The molecular formula is C8H11N3O4S. The summed E-state index contributed by atoms with van der Waals surface area (Å²) in [6, 6.07) is 0. The minimum atomic E-state index is -3.37. The Hall–Kier alpha value is -1.57. The summed E-state index contributed by atoms with van der Waals surface area (Å²) in [6.07, 6.45) is 0.361. The highest BCUT2D eigenvalue weighted by Crippen LogP contribution is 2.21. The summed E-state index contributed by atoms with van der Waals surface area (Å²) in [5.74, 6) is -0.0315. The van der Waals surface area contributed by atoms with E-state index in [1.807, 2.05) is 0 Å². The Labute approximate surface area is 92.3 Å². The van der Waals surface area contributed by atoms with Crippen LogP contribution >= 0.6 is 0 Å². The van der Waals surface area contributed by atoms with Gasteiger partial charge in [-0.3, -0.25) is 4.90 Å². The highest BCUT2D eigenvalue weighted by atomic mass is 32.2. The average Bonchev–Trinajstić information content (AvgIpc) is 2.74. The highest BCUT2D eigenvalue weighted by molar-refractivity contribution is 7.89. The number of fused-ring (bicyclic) bond motifs is 1. The highest BCUT2D eigenvalue weighted by Gasteiger charge is 2.27. The van der Waals surface area contributed by atoms with Crippen molar-refractivity contribution >= 4 is 16.1 Å². The molecule has 1 amide bonds. The molecule has 88 valence electrons. The first kappa shape index (κ1) is 10.9. The fraction of sp³-hybridized carbons (Fsp3) is 0.500. The summed E-state index contributed by atoms with van der Waals surface area (Å²) in [5, 5.41) is 12.6. The summed E-state index contributed by atoms with van der Waals surface area (Å²) >= 11 is 0. The van der Waals surface area contributed by atoms with Crippen LogP contribution in [0.1, 0.15) is 18.2 Å². The standard InChI is InChI=1S/C8H11N3O4S/c1-2-16(14,15)11-4-6-3-10(8(12)13)5-7(6)9-11/h4H,2-3,5H2,1H3,(H,12,13). The Balaban J connectivity index is 2.29. The van der Waals surface area contributed by atoms with Crippen LogP contribution in [0.4, 0.5) is 4.79 Å². The van der Waals surface area contributed by atoms with Crippen LogP contribution < -0.4 is 0 Å². The maximum atomic E-state index is 11.5. The van der Waals surface area contributed by atoms with E-state index in [0.29, 0.717) is 11.3 Å². The van der Waals surface area contributed by atoms with Crippen LogP contribution in [-0.2, 0) is 23.1 Å². The monoisotopic (exact) mass is 245 g/mol. The van der Waals surface area contributed by atoms with Crippen molar-refractivity contribution in [1.82, 2.24) is 14.1 Å². The molecule has 2 heterocycles. The van der Waals surface area contributed by atoms with Crippen LogP contribution in [0.15, 0.2) is 6.20 Å². The van der Waals surface area contributed by atoms with E-state index in [1.165, 1.54) is 18.0 Å². The van der Waals surface area contributed by atoms with Crippen molar-refractivity contribution in [2.24, 2.45) is 0 Å². The predicted molar refractivity (Wildman–Crippen MR) is 54.4 cm³/mol. The number of carboxylic acid groups (broad SMARTS) is 1. The van der Waals surface area contributed by atoms with Crippen molar-refractivity contribution in [3.63, 3.8) is 0 Å². The molecule has 8 heteroatoms. The van der Waals surface area contributed by atoms with Gasteiger partial charge in [0.05, 0.1) is 24.5 Å². The Morgan fingerprint density at radius 1 is 1.56 bits per heavy atom. The van der Waals surface area contributed by atoms with Crippen molar-refractivity contribution in [3.05, 3.63) is 17.5 Å². The molecule has 1 aliphatic heterocycles. The van der Waals surface area contributed by atoms with Crippen molar-refractivity contribution < 1.29 is 18.3 Å². The molecular weight excluding hydrogens is 234 g/mol. The van der Waals surface area contributed by atoms with Gasteiger partial charge in [-0.25, -0.2) is 13.2 Å². The number of hydrogen-bond acceptors (Lipinski definition) is 4. The van der Waals surface area contributed by atoms with E-state index in [1.54, 1.807) is 0 Å². The number of carbonyl (C=O) groups is 1. The summed E-state index contributed by atoms with van der Waals surface area (Å²) in [7, 11) is -3.37. The van der Waals surface area contributed by atoms with Gasteiger partial charge in [0.25, 0.3) is 10.0 Å². The van der Waals surface area contributed by atoms with Gasteiger partial charge in [0.1, 0.15) is 0 Å². The summed E-state index contributed by atoms with van der Waals surface area (Å²) in [5.41, 5.74) is 1.17. The number of rotatable bonds is 2. The van der Waals surface area contributed by atoms with Gasteiger partial charge in [0.15, 0.2) is 0 Å². The first-order chi connectivity index (χ1) is 7.44. The number of nitrogens with zero attached hydrogens (tertiary/aromatic N) is 3. The Morgan fingerprint density at radius 2 is 2.25 bits per heavy atom. The second-order valence-electron chi connectivity index (χ2n) is 3.51. The Bertz CT molecular complexity index is 510. The molecule has 0 atom stereocenters. The van der Waals surface area contributed by atoms with Gasteiger partial charge in [0, 0.05) is 11.8 Å². The largest absolute Gasteiger partial charge is 0.465 e. The number of aromatic nitrogens is 2. The lowest BCUT2D eigenvalue weighted by Gasteiger charge is -2.09. The molecule has 0 aliphatic carbocycles. The Kier molecular flexibility index (Phi) is 2.38. The fourth-order valence-corrected chi connectivity index (χ4v) is 2.31. The molecule has 1 aliphatic rings. The second-order valence-corrected chi connectivity index (χ2v) is 5.63. The van der Waals surface area contributed by atoms with E-state index in [9.17, 15) is 13.2 Å². The van der Waals surface area contributed by atoms with E-state index in [0.717, 1.165) is 4.09 Å². The smallest absolute Gasteiger partial charge is 0.407 e. The van der Waals surface area contributed by atoms with Gasteiger partial charge in [-0.15, -0.1) is 0 Å². The molecule has 0 spiro atoms. The first-order valence-electron chi connectivity index (χ1n) is 4.72. The molecule has 0 saturated heterocycles. The minimum Gasteiger partial charge on any atom is -0.465 e. The van der Waals surface area contributed by atoms with E-state index in [-0.39, 0.29) is 18.8 Å². The molecule has 0 saturated carbocycles. The van der Waals surface area contributed by atoms with Crippen molar-refractivity contribution in [3.8, 4) is 0 Å². The Morgan fingerprint density at radius 3 is 2.75 bits per heavy atom. The van der Waals surface area contributed by atoms with Gasteiger partial charge in [0.2, 0.25) is 0 Å². The van der Waals surface area contributed by atoms with Crippen molar-refractivity contribution in [1.29, 1.82) is 0 Å². The van der Waals surface area contributed by atoms with Crippen LogP contribution in [0.5, 0.6) is 0 Å². The molecule has 0 radical (unpaired) electrons. The first-order valence-corrected chi connectivity index (χ1v) is 6.33. The predicted octanol–water partition coefficient (Wildman–Crippen LogP) is 0.0745. The summed E-state index contributed by atoms with van der Waals surface area (Å²) < 4.78 is 23.9. The minimum absolute atomic E-state index is 0.0315. The maximum absolute atomic E-state index is 11.5. The number of amides is 1. The number of hydrogen-bond donors (Lipinski definition) is 1. The van der Waals surface area contributed by atoms with E-state index in [4.69, 9.17) is 5.11 Å². The maximum Gasteiger partial charge on any atom is 0.407 e. The zero-order valence-electron chi connectivity index (χ0n) is 8.62. The van der Waals surface area contributed by atoms with Crippen LogP contribution in [0.3, 0.4) is 0 Å². The molecule has 7 nitrogen and oxygen atoms in total. The van der Waals surface area contributed by atoms with E-state index >= 15 is 0 Å². The quantitative estimate of drug-likeness (QED) is 0.796. The zero-order valence-corrected chi connectivity index (χ0v) is 9.44. The lowest BCUT2D eigenvalue weighted by atomic mass is 10.3. The van der Waals surface area contributed by atoms with Crippen LogP contribution in [0.25, 0.3) is 0 Å². The topological polar surface area (TPSA) is 92.5 Å². The average molecular weight is 245 g/mol. The third-order valence-electron chi connectivity index (χ3n) is 2.48. The molecule has 0 unspecified atom stereocenters. The molecule has 1 N–H and O–H groups in total. The summed E-state index contributed by atoms with van der Waals surface area (Å²) in [6.45, 7) is 1.88. The zero-order chi connectivity index (χ0) is 11.9. The molecule has 2 rings (SSSR count). The van der Waals surface area contributed by atoms with E-state index < -0.39 is 16.1 Å². The normalized spacial score (nSPS) is 15.2. The lowest BCUT2D eigenvalue weighted by molar-refractivity contribution is 0.144. The molecule has 0 fully saturated rings. The molecule has 0 aromatic carbocycles. The van der Waals surface area contributed by atoms with Gasteiger partial charge >= 0.3 is 6.09 Å². The fourth-order valence-electron chi connectivity index (χ4n) is 1.54. The van der Waals surface area contributed by atoms with E-state index in [2.05, 4.69) is 5.10 Å². The molecule has 0 bridgehead atoms. The molecule has 1 aromatic rings. The van der Waals surface area contributed by atoms with Gasteiger partial charge in [-0.2, -0.15) is 9.19 Å². The van der Waals surface area contributed by atoms with Gasteiger partial charge < -0.3 is 5.11 Å². The SMILES string of the molecule is CCS(=O)(=O)n1cc2c(n1)CN(C(=O)O)C2. The van der Waals surface area contributed by atoms with Crippen LogP contribution in [0.2, 0.25) is 0 Å². The lowest BCUT2D eigenvalue weighted by Crippen LogP contribution is -2.24. The molecule has 1 aromatic heterocycles. The van der Waals surface area contributed by atoms with Gasteiger partial charge in [-0.1, -0.05) is 0 Å². The van der Waals surface area contributed by atoms with Crippen molar-refractivity contribution in [2.45, 2.75) is 20.0 Å². The van der Waals surface area contributed by atoms with Crippen molar-refractivity contribution in [2.75, 3.05) is 5.75 Å². The molecule has 16 heavy (non-hydrogen) atoms. The van der Waals surface area contributed by atoms with Crippen LogP contribution in [0, 0.1) is 0 Å². The second kappa shape index (κ2) is 3.48.